The van der Waals surface area contributed by atoms with Gasteiger partial charge < -0.3 is 10.4 Å². The second-order valence-corrected chi connectivity index (χ2v) is 5.80. The Bertz CT molecular complexity index is 582. The highest BCUT2D eigenvalue weighted by molar-refractivity contribution is 5.95. The van der Waals surface area contributed by atoms with Crippen molar-refractivity contribution in [3.8, 4) is 0 Å². The van der Waals surface area contributed by atoms with E-state index in [-0.39, 0.29) is 18.3 Å². The molecule has 1 aliphatic heterocycles. The van der Waals surface area contributed by atoms with Crippen LogP contribution in [0.25, 0.3) is 0 Å². The molecule has 1 heterocycles. The van der Waals surface area contributed by atoms with Gasteiger partial charge in [0, 0.05) is 12.2 Å². The fourth-order valence-corrected chi connectivity index (χ4v) is 2.69. The molecule has 0 radical (unpaired) electrons. The van der Waals surface area contributed by atoms with Crippen LogP contribution in [0.15, 0.2) is 18.2 Å². The normalized spacial score (nSPS) is 19.5. The van der Waals surface area contributed by atoms with Gasteiger partial charge in [-0.05, 0) is 50.9 Å². The van der Waals surface area contributed by atoms with Gasteiger partial charge in [-0.3, -0.25) is 14.5 Å². The largest absolute Gasteiger partial charge is 0.481 e. The zero-order chi connectivity index (χ0) is 16.3. The standard InChI is InChI=1S/C16H21FN2O3.ClH/c1-10-5-6-13(17)8-14(10)18-15(20)11(2)19-7-3-4-12(9-19)16(21)22;/h5-6,8,11-12H,3-4,7,9H2,1-2H3,(H,18,20)(H,21,22);1H. The zero-order valence-corrected chi connectivity index (χ0v) is 14.0. The third-order valence-electron chi connectivity index (χ3n) is 4.19. The van der Waals surface area contributed by atoms with Gasteiger partial charge in [-0.1, -0.05) is 6.07 Å². The Labute approximate surface area is 141 Å². The Balaban J connectivity index is 0.00000264. The molecule has 1 amide bonds. The number of aryl methyl sites for hydroxylation is 1. The van der Waals surface area contributed by atoms with Crippen molar-refractivity contribution in [2.24, 2.45) is 5.92 Å². The molecule has 1 fully saturated rings. The number of rotatable bonds is 4. The second-order valence-electron chi connectivity index (χ2n) is 5.80. The topological polar surface area (TPSA) is 69.6 Å². The summed E-state index contributed by atoms with van der Waals surface area (Å²) in [6.07, 6.45) is 1.40. The highest BCUT2D eigenvalue weighted by Crippen LogP contribution is 2.21. The van der Waals surface area contributed by atoms with E-state index < -0.39 is 23.7 Å². The molecule has 0 bridgehead atoms. The minimum Gasteiger partial charge on any atom is -0.481 e. The van der Waals surface area contributed by atoms with Gasteiger partial charge in [-0.25, -0.2) is 4.39 Å². The molecule has 2 N–H and O–H groups in total. The summed E-state index contributed by atoms with van der Waals surface area (Å²) in [7, 11) is 0. The molecule has 128 valence electrons. The Kier molecular flexibility index (Phi) is 6.97. The highest BCUT2D eigenvalue weighted by Gasteiger charge is 2.30. The zero-order valence-electron chi connectivity index (χ0n) is 13.2. The molecular formula is C16H22ClFN2O3. The van der Waals surface area contributed by atoms with E-state index in [1.807, 2.05) is 4.90 Å². The number of carbonyl (C=O) groups is 2. The molecule has 23 heavy (non-hydrogen) atoms. The number of halogens is 2. The number of nitrogens with one attached hydrogen (secondary N) is 1. The third kappa shape index (κ3) is 4.91. The maximum atomic E-state index is 13.3. The van der Waals surface area contributed by atoms with Gasteiger partial charge in [0.1, 0.15) is 5.82 Å². The summed E-state index contributed by atoms with van der Waals surface area (Å²) in [6.45, 7) is 4.60. The number of piperidine rings is 1. The SMILES string of the molecule is Cc1ccc(F)cc1NC(=O)C(C)N1CCCC(C(=O)O)C1.Cl. The van der Waals surface area contributed by atoms with Crippen LogP contribution < -0.4 is 5.32 Å². The molecule has 0 spiro atoms. The number of aliphatic carboxylic acids is 1. The van der Waals surface area contributed by atoms with Crippen LogP contribution in [0.2, 0.25) is 0 Å². The van der Waals surface area contributed by atoms with Crippen molar-refractivity contribution in [2.45, 2.75) is 32.7 Å². The highest BCUT2D eigenvalue weighted by atomic mass is 35.5. The molecule has 1 saturated heterocycles. The van der Waals surface area contributed by atoms with Crippen LogP contribution in [0.5, 0.6) is 0 Å². The van der Waals surface area contributed by atoms with Crippen molar-refractivity contribution >= 4 is 30.0 Å². The van der Waals surface area contributed by atoms with Gasteiger partial charge in [0.05, 0.1) is 12.0 Å². The predicted octanol–water partition coefficient (Wildman–Crippen LogP) is 2.68. The Morgan fingerprint density at radius 1 is 1.43 bits per heavy atom. The summed E-state index contributed by atoms with van der Waals surface area (Å²) in [6, 6.07) is 3.79. The number of carbonyl (C=O) groups excluding carboxylic acids is 1. The van der Waals surface area contributed by atoms with Gasteiger partial charge in [0.25, 0.3) is 0 Å². The van der Waals surface area contributed by atoms with Gasteiger partial charge in [-0.15, -0.1) is 12.4 Å². The molecule has 2 atom stereocenters. The van der Waals surface area contributed by atoms with Crippen LogP contribution in [0.3, 0.4) is 0 Å². The van der Waals surface area contributed by atoms with E-state index in [0.717, 1.165) is 12.0 Å². The first-order valence-corrected chi connectivity index (χ1v) is 7.42. The quantitative estimate of drug-likeness (QED) is 0.881. The maximum absolute atomic E-state index is 13.3. The molecule has 7 heteroatoms. The summed E-state index contributed by atoms with van der Waals surface area (Å²) in [4.78, 5) is 25.3. The number of benzene rings is 1. The van der Waals surface area contributed by atoms with Crippen LogP contribution >= 0.6 is 12.4 Å². The molecule has 5 nitrogen and oxygen atoms in total. The fraction of sp³-hybridized carbons (Fsp3) is 0.500. The van der Waals surface area contributed by atoms with E-state index in [1.165, 1.54) is 12.1 Å². The molecular weight excluding hydrogens is 323 g/mol. The van der Waals surface area contributed by atoms with Gasteiger partial charge >= 0.3 is 5.97 Å². The number of hydrogen-bond acceptors (Lipinski definition) is 3. The summed E-state index contributed by atoms with van der Waals surface area (Å²) in [5.74, 6) is -1.91. The number of anilines is 1. The van der Waals surface area contributed by atoms with Crippen molar-refractivity contribution in [1.29, 1.82) is 0 Å². The predicted molar refractivity (Wildman–Crippen MR) is 88.4 cm³/mol. The summed E-state index contributed by atoms with van der Waals surface area (Å²) in [5, 5.41) is 11.8. The van der Waals surface area contributed by atoms with E-state index in [0.29, 0.717) is 25.2 Å². The molecule has 0 saturated carbocycles. The molecule has 1 aliphatic rings. The van der Waals surface area contributed by atoms with Crippen molar-refractivity contribution < 1.29 is 19.1 Å². The van der Waals surface area contributed by atoms with Crippen molar-refractivity contribution in [3.05, 3.63) is 29.6 Å². The van der Waals surface area contributed by atoms with Gasteiger partial charge in [-0.2, -0.15) is 0 Å². The summed E-state index contributed by atoms with van der Waals surface area (Å²) < 4.78 is 13.3. The lowest BCUT2D eigenvalue weighted by molar-refractivity contribution is -0.144. The summed E-state index contributed by atoms with van der Waals surface area (Å²) >= 11 is 0. The lowest BCUT2D eigenvalue weighted by atomic mass is 9.97. The molecule has 2 rings (SSSR count). The van der Waals surface area contributed by atoms with E-state index in [2.05, 4.69) is 5.32 Å². The average Bonchev–Trinajstić information content (AvgIpc) is 2.50. The van der Waals surface area contributed by atoms with E-state index in [4.69, 9.17) is 5.11 Å². The van der Waals surface area contributed by atoms with Gasteiger partial charge in [0.15, 0.2) is 0 Å². The van der Waals surface area contributed by atoms with Crippen LogP contribution in [-0.2, 0) is 9.59 Å². The Hall–Kier alpha value is -1.66. The van der Waals surface area contributed by atoms with Gasteiger partial charge in [0.2, 0.25) is 5.91 Å². The monoisotopic (exact) mass is 344 g/mol. The smallest absolute Gasteiger partial charge is 0.307 e. The lowest BCUT2D eigenvalue weighted by Crippen LogP contribution is -2.48. The number of hydrogen-bond donors (Lipinski definition) is 2. The van der Waals surface area contributed by atoms with Crippen LogP contribution in [0.1, 0.15) is 25.3 Å². The first-order chi connectivity index (χ1) is 10.4. The Morgan fingerprint density at radius 2 is 2.13 bits per heavy atom. The first-order valence-electron chi connectivity index (χ1n) is 7.42. The molecule has 0 aliphatic carbocycles. The summed E-state index contributed by atoms with van der Waals surface area (Å²) in [5.41, 5.74) is 1.23. The van der Waals surface area contributed by atoms with E-state index >= 15 is 0 Å². The van der Waals surface area contributed by atoms with Crippen molar-refractivity contribution in [3.63, 3.8) is 0 Å². The first kappa shape index (κ1) is 19.4. The van der Waals surface area contributed by atoms with Crippen LogP contribution in [0.4, 0.5) is 10.1 Å². The lowest BCUT2D eigenvalue weighted by Gasteiger charge is -2.34. The average molecular weight is 345 g/mol. The fourth-order valence-electron chi connectivity index (χ4n) is 2.69. The molecule has 1 aromatic rings. The van der Waals surface area contributed by atoms with Crippen molar-refractivity contribution in [2.75, 3.05) is 18.4 Å². The molecule has 2 unspecified atom stereocenters. The number of amides is 1. The minimum atomic E-state index is -0.821. The van der Waals surface area contributed by atoms with Crippen LogP contribution in [-0.4, -0.2) is 41.0 Å². The Morgan fingerprint density at radius 3 is 2.78 bits per heavy atom. The maximum Gasteiger partial charge on any atom is 0.307 e. The van der Waals surface area contributed by atoms with Crippen molar-refractivity contribution in [1.82, 2.24) is 4.90 Å². The molecule has 0 aromatic heterocycles. The number of nitrogens with zero attached hydrogens (tertiary/aromatic N) is 1. The van der Waals surface area contributed by atoms with Crippen LogP contribution in [0, 0.1) is 18.7 Å². The minimum absolute atomic E-state index is 0. The number of carboxylic acids is 1. The number of likely N-dealkylation sites (tertiary alicyclic amines) is 1. The molecule has 1 aromatic carbocycles. The second kappa shape index (κ2) is 8.26. The van der Waals surface area contributed by atoms with E-state index in [1.54, 1.807) is 19.9 Å². The number of carboxylic acid groups (broad SMARTS) is 1. The van der Waals surface area contributed by atoms with E-state index in [9.17, 15) is 14.0 Å². The third-order valence-corrected chi connectivity index (χ3v) is 4.19.